The molecule has 18 heavy (non-hydrogen) atoms. The predicted molar refractivity (Wildman–Crippen MR) is 63.8 cm³/mol. The van der Waals surface area contributed by atoms with Crippen LogP contribution in [0.15, 0.2) is 12.1 Å². The molecule has 5 N–H and O–H groups in total. The Labute approximate surface area is 104 Å². The molecule has 4 atom stereocenters. The van der Waals surface area contributed by atoms with E-state index in [4.69, 9.17) is 16.2 Å². The molecule has 1 aliphatic carbocycles. The second-order valence-corrected chi connectivity index (χ2v) is 4.70. The topological polar surface area (TPSA) is 116 Å². The Morgan fingerprint density at radius 3 is 2.94 bits per heavy atom. The number of anilines is 1. The number of carbonyl (C=O) groups excluding carboxylic acids is 1. The lowest BCUT2D eigenvalue weighted by molar-refractivity contribution is 0.00521. The second kappa shape index (κ2) is 4.18. The number of ether oxygens (including phenoxy) is 1. The summed E-state index contributed by atoms with van der Waals surface area (Å²) in [6.45, 7) is 0.771. The molecule has 2 aliphatic rings. The number of aromatic nitrogens is 2. The molecule has 1 aliphatic heterocycles. The smallest absolute Gasteiger partial charge is 0.269 e. The SMILES string of the molecule is NC(=O)c1ccc(NC2C(N)C3CCOC32)nn1. The fourth-order valence-electron chi connectivity index (χ4n) is 2.64. The molecule has 1 amide bonds. The highest BCUT2D eigenvalue weighted by atomic mass is 16.5. The van der Waals surface area contributed by atoms with E-state index in [1.165, 1.54) is 6.07 Å². The molecule has 2 fully saturated rings. The number of fused-ring (bicyclic) bond motifs is 1. The van der Waals surface area contributed by atoms with Gasteiger partial charge in [-0.1, -0.05) is 0 Å². The van der Waals surface area contributed by atoms with E-state index in [2.05, 4.69) is 15.5 Å². The number of primary amides is 1. The summed E-state index contributed by atoms with van der Waals surface area (Å²) in [5.74, 6) is 0.434. The zero-order valence-electron chi connectivity index (χ0n) is 9.74. The van der Waals surface area contributed by atoms with Crippen LogP contribution < -0.4 is 16.8 Å². The molecule has 1 saturated carbocycles. The first kappa shape index (κ1) is 11.4. The zero-order valence-corrected chi connectivity index (χ0v) is 9.74. The van der Waals surface area contributed by atoms with E-state index in [0.29, 0.717) is 11.7 Å². The maximum Gasteiger partial charge on any atom is 0.269 e. The molecule has 4 unspecified atom stereocenters. The fourth-order valence-corrected chi connectivity index (χ4v) is 2.64. The van der Waals surface area contributed by atoms with Gasteiger partial charge >= 0.3 is 0 Å². The van der Waals surface area contributed by atoms with Gasteiger partial charge in [0, 0.05) is 18.6 Å². The van der Waals surface area contributed by atoms with E-state index in [-0.39, 0.29) is 23.9 Å². The van der Waals surface area contributed by atoms with Crippen molar-refractivity contribution in [2.75, 3.05) is 11.9 Å². The lowest BCUT2D eigenvalue weighted by Gasteiger charge is -2.45. The summed E-state index contributed by atoms with van der Waals surface area (Å²) in [5.41, 5.74) is 11.3. The van der Waals surface area contributed by atoms with E-state index in [1.54, 1.807) is 6.07 Å². The number of nitrogens with one attached hydrogen (secondary N) is 1. The number of nitrogens with zero attached hydrogens (tertiary/aromatic N) is 2. The number of nitrogens with two attached hydrogens (primary N) is 2. The van der Waals surface area contributed by atoms with Crippen molar-refractivity contribution in [1.82, 2.24) is 10.2 Å². The first-order valence-corrected chi connectivity index (χ1v) is 5.94. The van der Waals surface area contributed by atoms with Crippen LogP contribution in [-0.4, -0.2) is 40.9 Å². The van der Waals surface area contributed by atoms with Gasteiger partial charge in [0.1, 0.15) is 5.82 Å². The molecule has 1 aromatic heterocycles. The van der Waals surface area contributed by atoms with Crippen molar-refractivity contribution in [1.29, 1.82) is 0 Å². The average Bonchev–Trinajstić information content (AvgIpc) is 2.81. The highest BCUT2D eigenvalue weighted by molar-refractivity contribution is 5.90. The fraction of sp³-hybridized carbons (Fsp3) is 0.545. The lowest BCUT2D eigenvalue weighted by atomic mass is 9.72. The second-order valence-electron chi connectivity index (χ2n) is 4.70. The van der Waals surface area contributed by atoms with E-state index in [0.717, 1.165) is 13.0 Å². The Morgan fingerprint density at radius 2 is 2.28 bits per heavy atom. The highest BCUT2D eigenvalue weighted by Gasteiger charge is 2.52. The third-order valence-corrected chi connectivity index (χ3v) is 3.68. The van der Waals surface area contributed by atoms with Crippen LogP contribution in [0.2, 0.25) is 0 Å². The number of rotatable bonds is 3. The molecule has 3 rings (SSSR count). The summed E-state index contributed by atoms with van der Waals surface area (Å²) in [7, 11) is 0. The first-order valence-electron chi connectivity index (χ1n) is 5.94. The molecular formula is C11H15N5O2. The molecule has 0 spiro atoms. The largest absolute Gasteiger partial charge is 0.376 e. The van der Waals surface area contributed by atoms with Gasteiger partial charge in [0.25, 0.3) is 5.91 Å². The van der Waals surface area contributed by atoms with Crippen LogP contribution in [0.5, 0.6) is 0 Å². The summed E-state index contributed by atoms with van der Waals surface area (Å²) in [6.07, 6.45) is 1.19. The number of carbonyl (C=O) groups is 1. The van der Waals surface area contributed by atoms with Gasteiger partial charge in [-0.3, -0.25) is 4.79 Å². The molecule has 7 nitrogen and oxygen atoms in total. The van der Waals surface area contributed by atoms with Crippen molar-refractivity contribution >= 4 is 11.7 Å². The van der Waals surface area contributed by atoms with Crippen LogP contribution in [0.3, 0.4) is 0 Å². The molecule has 0 radical (unpaired) electrons. The van der Waals surface area contributed by atoms with E-state index < -0.39 is 5.91 Å². The third-order valence-electron chi connectivity index (χ3n) is 3.68. The summed E-state index contributed by atoms with van der Waals surface area (Å²) < 4.78 is 5.60. The summed E-state index contributed by atoms with van der Waals surface area (Å²) in [6, 6.07) is 3.35. The van der Waals surface area contributed by atoms with Gasteiger partial charge in [-0.05, 0) is 18.6 Å². The van der Waals surface area contributed by atoms with Gasteiger partial charge in [0.2, 0.25) is 0 Å². The van der Waals surface area contributed by atoms with Crippen molar-refractivity contribution in [2.24, 2.45) is 17.4 Å². The van der Waals surface area contributed by atoms with Crippen molar-refractivity contribution < 1.29 is 9.53 Å². The minimum absolute atomic E-state index is 0.0613. The van der Waals surface area contributed by atoms with E-state index in [9.17, 15) is 4.79 Å². The third kappa shape index (κ3) is 1.72. The predicted octanol–water partition coefficient (Wildman–Crippen LogP) is -0.898. The monoisotopic (exact) mass is 249 g/mol. The van der Waals surface area contributed by atoms with Crippen molar-refractivity contribution in [3.8, 4) is 0 Å². The molecule has 0 aromatic carbocycles. The minimum atomic E-state index is -0.589. The van der Waals surface area contributed by atoms with Crippen molar-refractivity contribution in [2.45, 2.75) is 24.6 Å². The summed E-state index contributed by atoms with van der Waals surface area (Å²) in [4.78, 5) is 10.9. The number of hydrogen-bond donors (Lipinski definition) is 3. The number of amides is 1. The maximum absolute atomic E-state index is 10.9. The normalized spacial score (nSPS) is 33.6. The van der Waals surface area contributed by atoms with Crippen LogP contribution in [0.25, 0.3) is 0 Å². The Kier molecular flexibility index (Phi) is 2.64. The quantitative estimate of drug-likeness (QED) is 0.639. The molecular weight excluding hydrogens is 234 g/mol. The molecule has 2 heterocycles. The van der Waals surface area contributed by atoms with Gasteiger partial charge in [-0.15, -0.1) is 10.2 Å². The van der Waals surface area contributed by atoms with Gasteiger partial charge in [0.15, 0.2) is 5.69 Å². The lowest BCUT2D eigenvalue weighted by Crippen LogP contribution is -2.65. The molecule has 1 aromatic rings. The first-order chi connectivity index (χ1) is 8.66. The van der Waals surface area contributed by atoms with Crippen LogP contribution in [0.1, 0.15) is 16.9 Å². The number of hydrogen-bond acceptors (Lipinski definition) is 6. The van der Waals surface area contributed by atoms with Gasteiger partial charge < -0.3 is 21.5 Å². The molecule has 96 valence electrons. The Bertz CT molecular complexity index is 463. The Morgan fingerprint density at radius 1 is 1.44 bits per heavy atom. The summed E-state index contributed by atoms with van der Waals surface area (Å²) >= 11 is 0. The Hall–Kier alpha value is -1.73. The van der Waals surface area contributed by atoms with E-state index >= 15 is 0 Å². The van der Waals surface area contributed by atoms with Gasteiger partial charge in [-0.25, -0.2) is 0 Å². The van der Waals surface area contributed by atoms with Crippen molar-refractivity contribution in [3.63, 3.8) is 0 Å². The van der Waals surface area contributed by atoms with Crippen molar-refractivity contribution in [3.05, 3.63) is 17.8 Å². The zero-order chi connectivity index (χ0) is 12.7. The highest BCUT2D eigenvalue weighted by Crippen LogP contribution is 2.38. The standard InChI is InChI=1S/C11H15N5O2/c12-8-5-3-4-18-10(5)9(8)14-7-2-1-6(11(13)17)15-16-7/h1-2,5,8-10H,3-4,12H2,(H2,13,17)(H,14,16). The maximum atomic E-state index is 10.9. The van der Waals surface area contributed by atoms with Crippen LogP contribution in [0, 0.1) is 5.92 Å². The summed E-state index contributed by atoms with van der Waals surface area (Å²) in [5, 5.41) is 10.8. The van der Waals surface area contributed by atoms with E-state index in [1.807, 2.05) is 0 Å². The van der Waals surface area contributed by atoms with Crippen LogP contribution in [0.4, 0.5) is 5.82 Å². The molecule has 0 bridgehead atoms. The van der Waals surface area contributed by atoms with Crippen LogP contribution in [-0.2, 0) is 4.74 Å². The molecule has 7 heteroatoms. The van der Waals surface area contributed by atoms with Gasteiger partial charge in [-0.2, -0.15) is 0 Å². The molecule has 1 saturated heterocycles. The van der Waals surface area contributed by atoms with Gasteiger partial charge in [0.05, 0.1) is 12.1 Å². The average molecular weight is 249 g/mol. The van der Waals surface area contributed by atoms with Crippen LogP contribution >= 0.6 is 0 Å². The minimum Gasteiger partial charge on any atom is -0.376 e. The Balaban J connectivity index is 1.68.